The Kier molecular flexibility index (Phi) is 4.43. The summed E-state index contributed by atoms with van der Waals surface area (Å²) in [5.41, 5.74) is 1.17. The average molecular weight is 349 g/mol. The number of amides is 1. The minimum absolute atomic E-state index is 0.0493. The van der Waals surface area contributed by atoms with Crippen LogP contribution in [0, 0.1) is 19.8 Å². The first-order chi connectivity index (χ1) is 11.5. The number of thiophene rings is 1. The maximum atomic E-state index is 12.7. The summed E-state index contributed by atoms with van der Waals surface area (Å²) in [6, 6.07) is 2.03. The molecule has 1 saturated carbocycles. The minimum Gasteiger partial charge on any atom is -0.375 e. The molecule has 1 amide bonds. The van der Waals surface area contributed by atoms with Crippen LogP contribution in [0.3, 0.4) is 0 Å². The zero-order valence-corrected chi connectivity index (χ0v) is 15.5. The SMILES string of the molecule is Cc1cc(C(=O)N2CCC3(CC2)CC(OCC2CC2)CO3)sc1C. The molecule has 1 aliphatic carbocycles. The predicted octanol–water partition coefficient (Wildman–Crippen LogP) is 3.56. The third-order valence-corrected chi connectivity index (χ3v) is 6.92. The quantitative estimate of drug-likeness (QED) is 0.834. The van der Waals surface area contributed by atoms with E-state index in [0.29, 0.717) is 0 Å². The lowest BCUT2D eigenvalue weighted by Gasteiger charge is -2.38. The molecule has 24 heavy (non-hydrogen) atoms. The van der Waals surface area contributed by atoms with Gasteiger partial charge in [-0.2, -0.15) is 0 Å². The summed E-state index contributed by atoms with van der Waals surface area (Å²) in [6.45, 7) is 7.38. The van der Waals surface area contributed by atoms with Crippen LogP contribution in [0.5, 0.6) is 0 Å². The van der Waals surface area contributed by atoms with Gasteiger partial charge in [-0.3, -0.25) is 4.79 Å². The maximum absolute atomic E-state index is 12.7. The van der Waals surface area contributed by atoms with Gasteiger partial charge in [0.15, 0.2) is 0 Å². The van der Waals surface area contributed by atoms with Gasteiger partial charge in [-0.15, -0.1) is 11.3 Å². The molecule has 4 rings (SSSR count). The molecule has 1 unspecified atom stereocenters. The molecule has 3 heterocycles. The maximum Gasteiger partial charge on any atom is 0.263 e. The molecule has 1 aromatic rings. The number of hydrogen-bond acceptors (Lipinski definition) is 4. The van der Waals surface area contributed by atoms with E-state index in [-0.39, 0.29) is 17.6 Å². The van der Waals surface area contributed by atoms with Crippen LogP contribution in [0.4, 0.5) is 0 Å². The molecule has 0 radical (unpaired) electrons. The molecule has 1 atom stereocenters. The fourth-order valence-electron chi connectivity index (χ4n) is 3.77. The zero-order chi connectivity index (χ0) is 16.7. The van der Waals surface area contributed by atoms with Gasteiger partial charge in [0, 0.05) is 31.0 Å². The molecule has 1 spiro atoms. The molecular formula is C19H27NO3S. The zero-order valence-electron chi connectivity index (χ0n) is 14.7. The Morgan fingerprint density at radius 3 is 2.75 bits per heavy atom. The Balaban J connectivity index is 1.30. The second kappa shape index (κ2) is 6.43. The highest BCUT2D eigenvalue weighted by molar-refractivity contribution is 7.14. The first-order valence-corrected chi connectivity index (χ1v) is 9.98. The van der Waals surface area contributed by atoms with Crippen molar-refractivity contribution in [2.24, 2.45) is 5.92 Å². The molecule has 3 fully saturated rings. The molecule has 2 aliphatic heterocycles. The standard InChI is InChI=1S/C19H27NO3S/c1-13-9-17(24-14(13)2)18(21)20-7-5-19(6-8-20)10-16(12-23-19)22-11-15-3-4-15/h9,15-16H,3-8,10-12H2,1-2H3. The van der Waals surface area contributed by atoms with Crippen LogP contribution < -0.4 is 0 Å². The van der Waals surface area contributed by atoms with Crippen molar-refractivity contribution in [3.8, 4) is 0 Å². The van der Waals surface area contributed by atoms with E-state index < -0.39 is 0 Å². The molecule has 4 nitrogen and oxygen atoms in total. The molecule has 3 aliphatic rings. The number of hydrogen-bond donors (Lipinski definition) is 0. The van der Waals surface area contributed by atoms with Gasteiger partial charge in [0.1, 0.15) is 0 Å². The predicted molar refractivity (Wildman–Crippen MR) is 94.7 cm³/mol. The van der Waals surface area contributed by atoms with Crippen LogP contribution in [-0.2, 0) is 9.47 Å². The first-order valence-electron chi connectivity index (χ1n) is 9.16. The number of ether oxygens (including phenoxy) is 2. The first kappa shape index (κ1) is 16.6. The average Bonchev–Trinajstić information content (AvgIpc) is 3.25. The summed E-state index contributed by atoms with van der Waals surface area (Å²) in [4.78, 5) is 16.8. The van der Waals surface area contributed by atoms with Gasteiger partial charge >= 0.3 is 0 Å². The lowest BCUT2D eigenvalue weighted by atomic mass is 9.88. The molecule has 0 N–H and O–H groups in total. The number of aryl methyl sites for hydroxylation is 2. The van der Waals surface area contributed by atoms with E-state index in [4.69, 9.17) is 9.47 Å². The van der Waals surface area contributed by atoms with E-state index in [0.717, 1.165) is 56.4 Å². The number of carbonyl (C=O) groups is 1. The van der Waals surface area contributed by atoms with Crippen molar-refractivity contribution in [3.05, 3.63) is 21.4 Å². The third-order valence-electron chi connectivity index (χ3n) is 5.78. The molecule has 0 aromatic carbocycles. The van der Waals surface area contributed by atoms with Crippen LogP contribution in [0.2, 0.25) is 0 Å². The molecule has 1 aromatic heterocycles. The van der Waals surface area contributed by atoms with Gasteiger partial charge in [0.25, 0.3) is 5.91 Å². The molecule has 5 heteroatoms. The summed E-state index contributed by atoms with van der Waals surface area (Å²) < 4.78 is 12.2. The monoisotopic (exact) mass is 349 g/mol. The van der Waals surface area contributed by atoms with Crippen molar-refractivity contribution in [2.75, 3.05) is 26.3 Å². The molecular weight excluding hydrogens is 322 g/mol. The number of carbonyl (C=O) groups excluding carboxylic acids is 1. The Morgan fingerprint density at radius 2 is 2.12 bits per heavy atom. The van der Waals surface area contributed by atoms with E-state index in [9.17, 15) is 4.79 Å². The second-order valence-corrected chi connectivity index (χ2v) is 9.00. The third kappa shape index (κ3) is 3.39. The lowest BCUT2D eigenvalue weighted by Crippen LogP contribution is -2.46. The Hall–Kier alpha value is -0.910. The van der Waals surface area contributed by atoms with Gasteiger partial charge in [-0.05, 0) is 57.1 Å². The van der Waals surface area contributed by atoms with Crippen LogP contribution in [0.15, 0.2) is 6.07 Å². The summed E-state index contributed by atoms with van der Waals surface area (Å²) in [5.74, 6) is 0.990. The lowest BCUT2D eigenvalue weighted by molar-refractivity contribution is -0.0409. The second-order valence-electron chi connectivity index (χ2n) is 7.74. The molecule has 2 saturated heterocycles. The van der Waals surface area contributed by atoms with Gasteiger partial charge < -0.3 is 14.4 Å². The van der Waals surface area contributed by atoms with Crippen molar-refractivity contribution in [2.45, 2.75) is 57.7 Å². The Bertz CT molecular complexity index is 595. The summed E-state index contributed by atoms with van der Waals surface area (Å²) in [5, 5.41) is 0. The highest BCUT2D eigenvalue weighted by Gasteiger charge is 2.44. The van der Waals surface area contributed by atoms with Crippen LogP contribution >= 0.6 is 11.3 Å². The van der Waals surface area contributed by atoms with E-state index >= 15 is 0 Å². The summed E-state index contributed by atoms with van der Waals surface area (Å²) >= 11 is 1.61. The van der Waals surface area contributed by atoms with E-state index in [1.807, 2.05) is 11.0 Å². The van der Waals surface area contributed by atoms with Crippen molar-refractivity contribution >= 4 is 17.2 Å². The summed E-state index contributed by atoms with van der Waals surface area (Å²) in [7, 11) is 0. The number of likely N-dealkylation sites (tertiary alicyclic amines) is 1. The van der Waals surface area contributed by atoms with Crippen molar-refractivity contribution in [1.29, 1.82) is 0 Å². The fraction of sp³-hybridized carbons (Fsp3) is 0.737. The van der Waals surface area contributed by atoms with Crippen LogP contribution in [0.1, 0.15) is 52.2 Å². The number of piperidine rings is 1. The smallest absolute Gasteiger partial charge is 0.263 e. The van der Waals surface area contributed by atoms with Gasteiger partial charge in [-0.1, -0.05) is 0 Å². The van der Waals surface area contributed by atoms with E-state index in [1.165, 1.54) is 23.3 Å². The largest absolute Gasteiger partial charge is 0.375 e. The van der Waals surface area contributed by atoms with Gasteiger partial charge in [0.2, 0.25) is 0 Å². The van der Waals surface area contributed by atoms with Crippen molar-refractivity contribution < 1.29 is 14.3 Å². The van der Waals surface area contributed by atoms with E-state index in [1.54, 1.807) is 11.3 Å². The molecule has 0 bridgehead atoms. The van der Waals surface area contributed by atoms with Gasteiger partial charge in [-0.25, -0.2) is 0 Å². The number of rotatable bonds is 4. The van der Waals surface area contributed by atoms with Gasteiger partial charge in [0.05, 0.1) is 23.2 Å². The van der Waals surface area contributed by atoms with Crippen LogP contribution in [0.25, 0.3) is 0 Å². The Labute approximate surface area is 148 Å². The fourth-order valence-corrected chi connectivity index (χ4v) is 4.77. The minimum atomic E-state index is -0.0493. The van der Waals surface area contributed by atoms with Crippen molar-refractivity contribution in [3.63, 3.8) is 0 Å². The number of nitrogens with zero attached hydrogens (tertiary/aromatic N) is 1. The highest BCUT2D eigenvalue weighted by atomic mass is 32.1. The van der Waals surface area contributed by atoms with Crippen LogP contribution in [-0.4, -0.2) is 48.8 Å². The summed E-state index contributed by atoms with van der Waals surface area (Å²) in [6.07, 6.45) is 5.79. The molecule has 132 valence electrons. The normalized spacial score (nSPS) is 26.2. The Morgan fingerprint density at radius 1 is 1.38 bits per heavy atom. The van der Waals surface area contributed by atoms with E-state index in [2.05, 4.69) is 13.8 Å². The highest BCUT2D eigenvalue weighted by Crippen LogP contribution is 2.38. The topological polar surface area (TPSA) is 38.8 Å². The van der Waals surface area contributed by atoms with Crippen molar-refractivity contribution in [1.82, 2.24) is 4.90 Å².